The Morgan fingerprint density at radius 3 is 3.00 bits per heavy atom. The number of hydrogen-bond acceptors (Lipinski definition) is 3. The minimum absolute atomic E-state index is 0.316. The molecule has 0 unspecified atom stereocenters. The number of para-hydroxylation sites is 2. The van der Waals surface area contributed by atoms with E-state index in [1.807, 2.05) is 28.8 Å². The molecule has 2 rings (SSSR count). The minimum atomic E-state index is 0.316. The summed E-state index contributed by atoms with van der Waals surface area (Å²) < 4.78 is 1.86. The summed E-state index contributed by atoms with van der Waals surface area (Å²) in [6, 6.07) is 9.89. The molecule has 0 atom stereocenters. The predicted molar refractivity (Wildman–Crippen MR) is 54.9 cm³/mol. The van der Waals surface area contributed by atoms with E-state index in [4.69, 9.17) is 5.26 Å². The number of imidazole rings is 1. The molecule has 4 nitrogen and oxygen atoms in total. The average Bonchev–Trinajstić information content (AvgIpc) is 2.58. The molecule has 0 spiro atoms. The molecule has 4 heteroatoms. The van der Waals surface area contributed by atoms with Crippen molar-refractivity contribution < 1.29 is 0 Å². The monoisotopic (exact) mass is 186 g/mol. The van der Waals surface area contributed by atoms with Gasteiger partial charge in [0.25, 0.3) is 0 Å². The van der Waals surface area contributed by atoms with Gasteiger partial charge in [-0.2, -0.15) is 5.26 Å². The number of benzene rings is 1. The van der Waals surface area contributed by atoms with Gasteiger partial charge < -0.3 is 5.32 Å². The van der Waals surface area contributed by atoms with Gasteiger partial charge in [-0.1, -0.05) is 12.1 Å². The van der Waals surface area contributed by atoms with Gasteiger partial charge in [-0.3, -0.25) is 4.57 Å². The smallest absolute Gasteiger partial charge is 0.204 e. The second kappa shape index (κ2) is 3.38. The predicted octanol–water partition coefficient (Wildman–Crippen LogP) is 1.60. The summed E-state index contributed by atoms with van der Waals surface area (Å²) >= 11 is 0. The number of nitrogens with one attached hydrogen (secondary N) is 1. The molecule has 14 heavy (non-hydrogen) atoms. The first-order valence-electron chi connectivity index (χ1n) is 4.37. The van der Waals surface area contributed by atoms with Gasteiger partial charge in [-0.25, -0.2) is 4.98 Å². The molecule has 1 heterocycles. The normalized spacial score (nSPS) is 10.0. The summed E-state index contributed by atoms with van der Waals surface area (Å²) in [5.74, 6) is 0.729. The van der Waals surface area contributed by atoms with E-state index in [-0.39, 0.29) is 0 Å². The maximum atomic E-state index is 8.69. The Morgan fingerprint density at radius 1 is 1.50 bits per heavy atom. The first-order valence-corrected chi connectivity index (χ1v) is 4.37. The molecule has 0 radical (unpaired) electrons. The van der Waals surface area contributed by atoms with Crippen LogP contribution in [-0.4, -0.2) is 16.6 Å². The fraction of sp³-hybridized carbons (Fsp3) is 0.200. The van der Waals surface area contributed by atoms with Crippen molar-refractivity contribution in [3.8, 4) is 6.07 Å². The summed E-state index contributed by atoms with van der Waals surface area (Å²) in [7, 11) is 1.80. The SMILES string of the molecule is CNc1nc2ccccc2n1CC#N. The van der Waals surface area contributed by atoms with Crippen LogP contribution in [0.5, 0.6) is 0 Å². The average molecular weight is 186 g/mol. The highest BCUT2D eigenvalue weighted by molar-refractivity contribution is 5.78. The van der Waals surface area contributed by atoms with Crippen molar-refractivity contribution in [2.75, 3.05) is 12.4 Å². The summed E-state index contributed by atoms with van der Waals surface area (Å²) in [6.07, 6.45) is 0. The van der Waals surface area contributed by atoms with E-state index in [0.29, 0.717) is 6.54 Å². The van der Waals surface area contributed by atoms with E-state index in [9.17, 15) is 0 Å². The highest BCUT2D eigenvalue weighted by Gasteiger charge is 2.07. The second-order valence-electron chi connectivity index (χ2n) is 2.92. The van der Waals surface area contributed by atoms with Crippen molar-refractivity contribution in [1.82, 2.24) is 9.55 Å². The Bertz CT molecular complexity index is 492. The van der Waals surface area contributed by atoms with Crippen LogP contribution in [0.15, 0.2) is 24.3 Å². The van der Waals surface area contributed by atoms with Crippen LogP contribution in [0.25, 0.3) is 11.0 Å². The number of fused-ring (bicyclic) bond motifs is 1. The molecule has 0 aliphatic carbocycles. The van der Waals surface area contributed by atoms with Gasteiger partial charge in [-0.05, 0) is 12.1 Å². The van der Waals surface area contributed by atoms with Gasteiger partial charge in [0.1, 0.15) is 6.54 Å². The summed E-state index contributed by atoms with van der Waals surface area (Å²) in [4.78, 5) is 4.35. The molecule has 0 amide bonds. The standard InChI is InChI=1S/C10H10N4/c1-12-10-13-8-4-2-3-5-9(8)14(10)7-6-11/h2-5H,7H2,1H3,(H,12,13). The summed E-state index contributed by atoms with van der Waals surface area (Å²) in [6.45, 7) is 0.316. The third-order valence-electron chi connectivity index (χ3n) is 2.11. The van der Waals surface area contributed by atoms with Crippen LogP contribution >= 0.6 is 0 Å². The molecule has 70 valence electrons. The van der Waals surface area contributed by atoms with Crippen molar-refractivity contribution in [2.45, 2.75) is 6.54 Å². The highest BCUT2D eigenvalue weighted by Crippen LogP contribution is 2.18. The molecule has 0 bridgehead atoms. The van der Waals surface area contributed by atoms with Crippen LogP contribution < -0.4 is 5.32 Å². The first kappa shape index (κ1) is 8.57. The number of anilines is 1. The molecule has 0 aliphatic rings. The Labute approximate surface area is 81.8 Å². The van der Waals surface area contributed by atoms with Gasteiger partial charge in [0, 0.05) is 7.05 Å². The van der Waals surface area contributed by atoms with Gasteiger partial charge in [-0.15, -0.1) is 0 Å². The zero-order valence-electron chi connectivity index (χ0n) is 7.86. The number of aromatic nitrogens is 2. The van der Waals surface area contributed by atoms with Crippen LogP contribution in [0.2, 0.25) is 0 Å². The van der Waals surface area contributed by atoms with Crippen LogP contribution in [0.1, 0.15) is 0 Å². The molecule has 1 aromatic carbocycles. The van der Waals surface area contributed by atoms with Crippen molar-refractivity contribution in [1.29, 1.82) is 5.26 Å². The quantitative estimate of drug-likeness (QED) is 0.775. The molecule has 1 N–H and O–H groups in total. The molecular weight excluding hydrogens is 176 g/mol. The van der Waals surface area contributed by atoms with Crippen LogP contribution in [0.3, 0.4) is 0 Å². The Kier molecular flexibility index (Phi) is 2.07. The van der Waals surface area contributed by atoms with E-state index < -0.39 is 0 Å². The van der Waals surface area contributed by atoms with Crippen LogP contribution in [0, 0.1) is 11.3 Å². The van der Waals surface area contributed by atoms with Crippen LogP contribution in [0.4, 0.5) is 5.95 Å². The van der Waals surface area contributed by atoms with Gasteiger partial charge in [0.2, 0.25) is 5.95 Å². The molecule has 1 aromatic heterocycles. The van der Waals surface area contributed by atoms with E-state index in [0.717, 1.165) is 17.0 Å². The van der Waals surface area contributed by atoms with Crippen molar-refractivity contribution in [3.05, 3.63) is 24.3 Å². The Hall–Kier alpha value is -2.02. The first-order chi connectivity index (χ1) is 6.86. The van der Waals surface area contributed by atoms with Gasteiger partial charge >= 0.3 is 0 Å². The van der Waals surface area contributed by atoms with E-state index >= 15 is 0 Å². The molecule has 0 fully saturated rings. The molecule has 0 aliphatic heterocycles. The van der Waals surface area contributed by atoms with Crippen molar-refractivity contribution >= 4 is 17.0 Å². The highest BCUT2D eigenvalue weighted by atomic mass is 15.2. The lowest BCUT2D eigenvalue weighted by atomic mass is 10.3. The van der Waals surface area contributed by atoms with E-state index in [1.54, 1.807) is 7.05 Å². The lowest BCUT2D eigenvalue weighted by molar-refractivity contribution is 0.867. The van der Waals surface area contributed by atoms with E-state index in [1.165, 1.54) is 0 Å². The van der Waals surface area contributed by atoms with Gasteiger partial charge in [0.15, 0.2) is 0 Å². The zero-order valence-corrected chi connectivity index (χ0v) is 7.86. The Balaban J connectivity index is 2.69. The second-order valence-corrected chi connectivity index (χ2v) is 2.92. The van der Waals surface area contributed by atoms with Gasteiger partial charge in [0.05, 0.1) is 17.1 Å². The van der Waals surface area contributed by atoms with E-state index in [2.05, 4.69) is 16.4 Å². The maximum absolute atomic E-state index is 8.69. The topological polar surface area (TPSA) is 53.6 Å². The number of nitriles is 1. The largest absolute Gasteiger partial charge is 0.359 e. The molecule has 0 saturated carbocycles. The number of hydrogen-bond donors (Lipinski definition) is 1. The van der Waals surface area contributed by atoms with Crippen LogP contribution in [-0.2, 0) is 6.54 Å². The fourth-order valence-electron chi connectivity index (χ4n) is 1.50. The summed E-state index contributed by atoms with van der Waals surface area (Å²) in [5, 5.41) is 11.7. The molecule has 2 aromatic rings. The molecular formula is C10H10N4. The Morgan fingerprint density at radius 2 is 2.29 bits per heavy atom. The van der Waals surface area contributed by atoms with Crippen molar-refractivity contribution in [3.63, 3.8) is 0 Å². The maximum Gasteiger partial charge on any atom is 0.204 e. The third kappa shape index (κ3) is 1.19. The third-order valence-corrected chi connectivity index (χ3v) is 2.11. The summed E-state index contributed by atoms with van der Waals surface area (Å²) in [5.41, 5.74) is 1.89. The molecule has 0 saturated heterocycles. The lowest BCUT2D eigenvalue weighted by Crippen LogP contribution is -2.02. The minimum Gasteiger partial charge on any atom is -0.359 e. The fourth-order valence-corrected chi connectivity index (χ4v) is 1.50. The lowest BCUT2D eigenvalue weighted by Gasteiger charge is -2.01. The zero-order chi connectivity index (χ0) is 9.97. The van der Waals surface area contributed by atoms with Crippen molar-refractivity contribution in [2.24, 2.45) is 0 Å². The number of nitrogens with zero attached hydrogens (tertiary/aromatic N) is 3. The number of rotatable bonds is 2.